The summed E-state index contributed by atoms with van der Waals surface area (Å²) in [5.74, 6) is 0.533. The average molecular weight is 431 g/mol. The van der Waals surface area contributed by atoms with Gasteiger partial charge in [-0.25, -0.2) is 4.68 Å². The van der Waals surface area contributed by atoms with Gasteiger partial charge in [0.15, 0.2) is 0 Å². The van der Waals surface area contributed by atoms with E-state index in [4.69, 9.17) is 22.4 Å². The molecule has 4 rings (SSSR count). The Labute approximate surface area is 181 Å². The molecule has 0 saturated carbocycles. The highest BCUT2D eigenvalue weighted by molar-refractivity contribution is 6.30. The molecule has 3 aromatic rings. The molecule has 2 aromatic carbocycles. The molecule has 0 bridgehead atoms. The van der Waals surface area contributed by atoms with Crippen LogP contribution in [0.2, 0.25) is 5.02 Å². The average Bonchev–Trinajstić information content (AvgIpc) is 3.37. The van der Waals surface area contributed by atoms with Crippen molar-refractivity contribution in [1.29, 1.82) is 0 Å². The quantitative estimate of drug-likeness (QED) is 0.665. The zero-order valence-electron chi connectivity index (χ0n) is 16.0. The first-order valence-corrected chi connectivity index (χ1v) is 9.89. The molecule has 0 aliphatic carbocycles. The fraction of sp³-hybridized carbons (Fsp3) is 0.273. The van der Waals surface area contributed by atoms with Crippen molar-refractivity contribution < 1.29 is 4.79 Å². The SMILES string of the molecule is Cl.NCC1CCN(C(=O)Cc2cn(-c3ccccc3)nc2-c2ccc(Cl)cc2)C1. The molecule has 2 N–H and O–H groups in total. The van der Waals surface area contributed by atoms with Gasteiger partial charge in [-0.1, -0.05) is 41.9 Å². The summed E-state index contributed by atoms with van der Waals surface area (Å²) in [5, 5.41) is 5.45. The van der Waals surface area contributed by atoms with Crippen LogP contribution in [0.1, 0.15) is 12.0 Å². The van der Waals surface area contributed by atoms with E-state index in [1.54, 1.807) is 0 Å². The second-order valence-electron chi connectivity index (χ2n) is 7.20. The Morgan fingerprint density at radius 1 is 1.14 bits per heavy atom. The molecular formula is C22H24Cl2N4O. The molecule has 1 aromatic heterocycles. The lowest BCUT2D eigenvalue weighted by molar-refractivity contribution is -0.129. The summed E-state index contributed by atoms with van der Waals surface area (Å²) in [6.45, 7) is 2.16. The third-order valence-electron chi connectivity index (χ3n) is 5.24. The van der Waals surface area contributed by atoms with Crippen molar-refractivity contribution in [3.05, 3.63) is 71.4 Å². The van der Waals surface area contributed by atoms with Gasteiger partial charge in [0.05, 0.1) is 17.8 Å². The number of para-hydroxylation sites is 1. The topological polar surface area (TPSA) is 64.2 Å². The maximum Gasteiger partial charge on any atom is 0.227 e. The molecule has 1 unspecified atom stereocenters. The van der Waals surface area contributed by atoms with Crippen molar-refractivity contribution >= 4 is 29.9 Å². The lowest BCUT2D eigenvalue weighted by Crippen LogP contribution is -2.31. The van der Waals surface area contributed by atoms with Crippen LogP contribution in [0.25, 0.3) is 16.9 Å². The van der Waals surface area contributed by atoms with Crippen LogP contribution in [-0.4, -0.2) is 40.2 Å². The lowest BCUT2D eigenvalue weighted by Gasteiger charge is -2.16. The standard InChI is InChI=1S/C22H23ClN4O.ClH/c23-19-8-6-17(7-9-19)22-18(12-21(28)26-11-10-16(13-24)14-26)15-27(25-22)20-4-2-1-3-5-20;/h1-9,15-16H,10-14,24H2;1H. The maximum atomic E-state index is 12.9. The van der Waals surface area contributed by atoms with Crippen LogP contribution in [0, 0.1) is 5.92 Å². The number of rotatable bonds is 5. The molecule has 1 saturated heterocycles. The van der Waals surface area contributed by atoms with E-state index in [0.717, 1.165) is 42.0 Å². The van der Waals surface area contributed by atoms with E-state index in [-0.39, 0.29) is 18.3 Å². The van der Waals surface area contributed by atoms with Crippen molar-refractivity contribution in [2.45, 2.75) is 12.8 Å². The largest absolute Gasteiger partial charge is 0.342 e. The Bertz CT molecular complexity index is 957. The lowest BCUT2D eigenvalue weighted by atomic mass is 10.1. The van der Waals surface area contributed by atoms with Gasteiger partial charge in [-0.15, -0.1) is 12.4 Å². The number of aromatic nitrogens is 2. The van der Waals surface area contributed by atoms with E-state index < -0.39 is 0 Å². The molecule has 7 heteroatoms. The number of likely N-dealkylation sites (tertiary alicyclic amines) is 1. The zero-order valence-corrected chi connectivity index (χ0v) is 17.6. The summed E-state index contributed by atoms with van der Waals surface area (Å²) in [5.41, 5.74) is 9.39. The third-order valence-corrected chi connectivity index (χ3v) is 5.49. The zero-order chi connectivity index (χ0) is 19.5. The smallest absolute Gasteiger partial charge is 0.227 e. The van der Waals surface area contributed by atoms with E-state index >= 15 is 0 Å². The number of hydrogen-bond donors (Lipinski definition) is 1. The monoisotopic (exact) mass is 430 g/mol. The van der Waals surface area contributed by atoms with Crippen LogP contribution in [0.3, 0.4) is 0 Å². The Morgan fingerprint density at radius 3 is 2.52 bits per heavy atom. The minimum absolute atomic E-state index is 0. The summed E-state index contributed by atoms with van der Waals surface area (Å²) in [6.07, 6.45) is 3.26. The molecule has 0 spiro atoms. The van der Waals surface area contributed by atoms with E-state index in [9.17, 15) is 4.79 Å². The number of amides is 1. The Hall–Kier alpha value is -2.34. The number of hydrogen-bond acceptors (Lipinski definition) is 3. The third kappa shape index (κ3) is 4.81. The molecule has 5 nitrogen and oxygen atoms in total. The molecule has 1 aliphatic heterocycles. The van der Waals surface area contributed by atoms with Crippen LogP contribution in [0.5, 0.6) is 0 Å². The molecule has 1 amide bonds. The molecule has 152 valence electrons. The molecular weight excluding hydrogens is 407 g/mol. The van der Waals surface area contributed by atoms with Crippen LogP contribution in [-0.2, 0) is 11.2 Å². The maximum absolute atomic E-state index is 12.9. The van der Waals surface area contributed by atoms with Crippen LogP contribution in [0.4, 0.5) is 0 Å². The van der Waals surface area contributed by atoms with Gasteiger partial charge in [0.1, 0.15) is 0 Å². The first-order valence-electron chi connectivity index (χ1n) is 9.52. The first-order chi connectivity index (χ1) is 13.6. The number of nitrogens with two attached hydrogens (primary N) is 1. The van der Waals surface area contributed by atoms with E-state index in [1.807, 2.05) is 70.4 Å². The summed E-state index contributed by atoms with van der Waals surface area (Å²) >= 11 is 6.04. The highest BCUT2D eigenvalue weighted by Crippen LogP contribution is 2.27. The minimum atomic E-state index is 0. The fourth-order valence-electron chi connectivity index (χ4n) is 3.63. The highest BCUT2D eigenvalue weighted by atomic mass is 35.5. The fourth-order valence-corrected chi connectivity index (χ4v) is 3.76. The summed E-state index contributed by atoms with van der Waals surface area (Å²) in [6, 6.07) is 17.5. The van der Waals surface area contributed by atoms with Crippen LogP contribution >= 0.6 is 24.0 Å². The van der Waals surface area contributed by atoms with Crippen molar-refractivity contribution in [2.24, 2.45) is 11.7 Å². The predicted octanol–water partition coefficient (Wildman–Crippen LogP) is 3.96. The normalized spacial score (nSPS) is 15.9. The number of benzene rings is 2. The van der Waals surface area contributed by atoms with Crippen molar-refractivity contribution in [1.82, 2.24) is 14.7 Å². The Balaban J connectivity index is 0.00000240. The molecule has 0 radical (unpaired) electrons. The predicted molar refractivity (Wildman–Crippen MR) is 119 cm³/mol. The molecule has 1 aliphatic rings. The van der Waals surface area contributed by atoms with Gasteiger partial charge in [0, 0.05) is 35.4 Å². The Kier molecular flexibility index (Phi) is 6.96. The Morgan fingerprint density at radius 2 is 1.86 bits per heavy atom. The summed E-state index contributed by atoms with van der Waals surface area (Å²) < 4.78 is 1.83. The molecule has 29 heavy (non-hydrogen) atoms. The minimum Gasteiger partial charge on any atom is -0.342 e. The molecule has 2 heterocycles. The van der Waals surface area contributed by atoms with Gasteiger partial charge >= 0.3 is 0 Å². The van der Waals surface area contributed by atoms with E-state index in [2.05, 4.69) is 0 Å². The molecule has 1 atom stereocenters. The summed E-state index contributed by atoms with van der Waals surface area (Å²) in [4.78, 5) is 14.8. The van der Waals surface area contributed by atoms with Gasteiger partial charge in [-0.2, -0.15) is 5.10 Å². The van der Waals surface area contributed by atoms with Gasteiger partial charge in [0.2, 0.25) is 5.91 Å². The number of carbonyl (C=O) groups is 1. The number of nitrogens with zero attached hydrogens (tertiary/aromatic N) is 3. The summed E-state index contributed by atoms with van der Waals surface area (Å²) in [7, 11) is 0. The van der Waals surface area contributed by atoms with Gasteiger partial charge in [-0.3, -0.25) is 4.79 Å². The number of halogens is 2. The first kappa shape index (κ1) is 21.4. The van der Waals surface area contributed by atoms with Gasteiger partial charge in [-0.05, 0) is 43.1 Å². The highest BCUT2D eigenvalue weighted by Gasteiger charge is 2.26. The van der Waals surface area contributed by atoms with Gasteiger partial charge < -0.3 is 10.6 Å². The van der Waals surface area contributed by atoms with Crippen molar-refractivity contribution in [3.8, 4) is 16.9 Å². The number of carbonyl (C=O) groups excluding carboxylic acids is 1. The van der Waals surface area contributed by atoms with E-state index in [0.29, 0.717) is 23.9 Å². The van der Waals surface area contributed by atoms with Gasteiger partial charge in [0.25, 0.3) is 0 Å². The van der Waals surface area contributed by atoms with Crippen LogP contribution < -0.4 is 5.73 Å². The van der Waals surface area contributed by atoms with Crippen molar-refractivity contribution in [2.75, 3.05) is 19.6 Å². The van der Waals surface area contributed by atoms with Crippen LogP contribution in [0.15, 0.2) is 60.8 Å². The van der Waals surface area contributed by atoms with E-state index in [1.165, 1.54) is 0 Å². The second-order valence-corrected chi connectivity index (χ2v) is 7.63. The van der Waals surface area contributed by atoms with Crippen molar-refractivity contribution in [3.63, 3.8) is 0 Å². The second kappa shape index (κ2) is 9.44. The molecule has 1 fully saturated rings.